The number of hydrogen-bond donors (Lipinski definition) is 0. The molecule has 94 valence electrons. The molecule has 0 N–H and O–H groups in total. The van der Waals surface area contributed by atoms with Crippen molar-refractivity contribution < 1.29 is 4.79 Å². The molecule has 0 spiro atoms. The number of ketones is 1. The highest BCUT2D eigenvalue weighted by atomic mass is 16.1. The molecule has 18 heavy (non-hydrogen) atoms. The summed E-state index contributed by atoms with van der Waals surface area (Å²) in [5, 5.41) is 4.43. The second-order valence-corrected chi connectivity index (χ2v) is 3.99. The Kier molecular flexibility index (Phi) is 3.82. The Morgan fingerprint density at radius 3 is 2.83 bits per heavy atom. The van der Waals surface area contributed by atoms with Crippen molar-refractivity contribution in [3.8, 4) is 0 Å². The monoisotopic (exact) mass is 244 g/mol. The molecule has 0 radical (unpaired) electrons. The van der Waals surface area contributed by atoms with E-state index in [0.29, 0.717) is 12.1 Å². The van der Waals surface area contributed by atoms with Gasteiger partial charge in [0.25, 0.3) is 0 Å². The number of nitrogens with zero attached hydrogens (tertiary/aromatic N) is 4. The van der Waals surface area contributed by atoms with Gasteiger partial charge in [-0.1, -0.05) is 6.92 Å². The quantitative estimate of drug-likeness (QED) is 0.751. The van der Waals surface area contributed by atoms with Gasteiger partial charge < -0.3 is 0 Å². The Labute approximate surface area is 106 Å². The second kappa shape index (κ2) is 5.53. The fourth-order valence-corrected chi connectivity index (χ4v) is 1.81. The van der Waals surface area contributed by atoms with Gasteiger partial charge in [-0.15, -0.1) is 0 Å². The predicted molar refractivity (Wildman–Crippen MR) is 67.3 cm³/mol. The van der Waals surface area contributed by atoms with Gasteiger partial charge in [-0.05, 0) is 25.5 Å². The standard InChI is InChI=1S/C13H16N4O/c1-3-10-7-11(17(4-2)16-10)8-13(18)12-5-6-14-9-15-12/h5-7,9H,3-4,8H2,1-2H3. The zero-order valence-electron chi connectivity index (χ0n) is 10.6. The average molecular weight is 244 g/mol. The van der Waals surface area contributed by atoms with Crippen LogP contribution in [-0.2, 0) is 19.4 Å². The van der Waals surface area contributed by atoms with E-state index < -0.39 is 0 Å². The Bertz CT molecular complexity index is 533. The zero-order chi connectivity index (χ0) is 13.0. The van der Waals surface area contributed by atoms with Crippen LogP contribution in [0.2, 0.25) is 0 Å². The molecular formula is C13H16N4O. The second-order valence-electron chi connectivity index (χ2n) is 3.99. The van der Waals surface area contributed by atoms with Gasteiger partial charge in [0.05, 0.1) is 12.1 Å². The van der Waals surface area contributed by atoms with Gasteiger partial charge in [0.15, 0.2) is 5.78 Å². The number of carbonyl (C=O) groups excluding carboxylic acids is 1. The normalized spacial score (nSPS) is 10.6. The first-order valence-electron chi connectivity index (χ1n) is 6.09. The maximum atomic E-state index is 12.0. The number of carbonyl (C=O) groups is 1. The lowest BCUT2D eigenvalue weighted by atomic mass is 10.1. The molecule has 2 aromatic heterocycles. The summed E-state index contributed by atoms with van der Waals surface area (Å²) in [5.74, 6) is -0.00495. The van der Waals surface area contributed by atoms with Crippen molar-refractivity contribution in [2.24, 2.45) is 0 Å². The smallest absolute Gasteiger partial charge is 0.187 e. The van der Waals surface area contributed by atoms with Crippen LogP contribution in [0.3, 0.4) is 0 Å². The van der Waals surface area contributed by atoms with Gasteiger partial charge in [-0.3, -0.25) is 9.48 Å². The highest BCUT2D eigenvalue weighted by Gasteiger charge is 2.13. The lowest BCUT2D eigenvalue weighted by Crippen LogP contribution is -2.11. The maximum Gasteiger partial charge on any atom is 0.187 e. The number of rotatable bonds is 5. The van der Waals surface area contributed by atoms with E-state index in [9.17, 15) is 4.79 Å². The summed E-state index contributed by atoms with van der Waals surface area (Å²) in [6.45, 7) is 4.84. The minimum absolute atomic E-state index is 0.00495. The first-order valence-corrected chi connectivity index (χ1v) is 6.09. The summed E-state index contributed by atoms with van der Waals surface area (Å²) in [5.41, 5.74) is 2.41. The minimum Gasteiger partial charge on any atom is -0.292 e. The molecule has 5 heteroatoms. The van der Waals surface area contributed by atoms with Gasteiger partial charge in [-0.25, -0.2) is 9.97 Å². The topological polar surface area (TPSA) is 60.7 Å². The van der Waals surface area contributed by atoms with Gasteiger partial charge in [0.1, 0.15) is 12.0 Å². The fourth-order valence-electron chi connectivity index (χ4n) is 1.81. The first-order chi connectivity index (χ1) is 8.74. The lowest BCUT2D eigenvalue weighted by molar-refractivity contribution is 0.0985. The fraction of sp³-hybridized carbons (Fsp3) is 0.385. The maximum absolute atomic E-state index is 12.0. The predicted octanol–water partition coefficient (Wildman–Crippen LogP) is 1.68. The highest BCUT2D eigenvalue weighted by Crippen LogP contribution is 2.09. The van der Waals surface area contributed by atoms with Gasteiger partial charge in [0.2, 0.25) is 0 Å². The van der Waals surface area contributed by atoms with Gasteiger partial charge in [-0.2, -0.15) is 5.10 Å². The van der Waals surface area contributed by atoms with Crippen LogP contribution < -0.4 is 0 Å². The molecule has 0 atom stereocenters. The molecule has 0 bridgehead atoms. The lowest BCUT2D eigenvalue weighted by Gasteiger charge is -2.03. The number of hydrogen-bond acceptors (Lipinski definition) is 4. The highest BCUT2D eigenvalue weighted by molar-refractivity contribution is 5.95. The van der Waals surface area contributed by atoms with Crippen LogP contribution in [0.4, 0.5) is 0 Å². The Morgan fingerprint density at radius 2 is 2.22 bits per heavy atom. The third-order valence-corrected chi connectivity index (χ3v) is 2.79. The van der Waals surface area contributed by atoms with Crippen LogP contribution in [-0.4, -0.2) is 25.5 Å². The summed E-state index contributed by atoms with van der Waals surface area (Å²) in [6, 6.07) is 3.62. The number of Topliss-reactive ketones (excluding diaryl/α,β-unsaturated/α-hetero) is 1. The molecule has 0 saturated heterocycles. The first kappa shape index (κ1) is 12.4. The van der Waals surface area contributed by atoms with Crippen molar-refractivity contribution in [3.05, 3.63) is 41.7 Å². The van der Waals surface area contributed by atoms with E-state index >= 15 is 0 Å². The van der Waals surface area contributed by atoms with E-state index in [0.717, 1.165) is 24.4 Å². The summed E-state index contributed by atoms with van der Waals surface area (Å²) in [6.07, 6.45) is 4.18. The van der Waals surface area contributed by atoms with Crippen molar-refractivity contribution >= 4 is 5.78 Å². The van der Waals surface area contributed by atoms with E-state index in [1.54, 1.807) is 12.3 Å². The molecular weight excluding hydrogens is 228 g/mol. The molecule has 0 aliphatic rings. The average Bonchev–Trinajstić information content (AvgIpc) is 2.82. The molecule has 2 heterocycles. The molecule has 0 aliphatic carbocycles. The van der Waals surface area contributed by atoms with Crippen molar-refractivity contribution in [2.45, 2.75) is 33.2 Å². The molecule has 2 aromatic rings. The number of aromatic nitrogens is 4. The van der Waals surface area contributed by atoms with Crippen LogP contribution in [0.1, 0.15) is 35.7 Å². The van der Waals surface area contributed by atoms with Crippen LogP contribution >= 0.6 is 0 Å². The zero-order valence-corrected chi connectivity index (χ0v) is 10.6. The molecule has 0 amide bonds. The summed E-state index contributed by atoms with van der Waals surface area (Å²) in [7, 11) is 0. The Morgan fingerprint density at radius 1 is 1.39 bits per heavy atom. The van der Waals surface area contributed by atoms with Crippen molar-refractivity contribution in [1.82, 2.24) is 19.7 Å². The van der Waals surface area contributed by atoms with Gasteiger partial charge in [0, 0.05) is 18.4 Å². The van der Waals surface area contributed by atoms with E-state index in [2.05, 4.69) is 22.0 Å². The SMILES string of the molecule is CCc1cc(CC(=O)c2ccncn2)n(CC)n1. The third-order valence-electron chi connectivity index (χ3n) is 2.79. The largest absolute Gasteiger partial charge is 0.292 e. The molecule has 2 rings (SSSR count). The molecule has 0 fully saturated rings. The number of aryl methyl sites for hydroxylation is 2. The van der Waals surface area contributed by atoms with E-state index in [1.807, 2.05) is 17.7 Å². The summed E-state index contributed by atoms with van der Waals surface area (Å²) < 4.78 is 1.87. The molecule has 5 nitrogen and oxygen atoms in total. The van der Waals surface area contributed by atoms with E-state index in [-0.39, 0.29) is 5.78 Å². The van der Waals surface area contributed by atoms with E-state index in [1.165, 1.54) is 6.33 Å². The minimum atomic E-state index is -0.00495. The van der Waals surface area contributed by atoms with Crippen LogP contribution in [0.5, 0.6) is 0 Å². The molecule has 0 unspecified atom stereocenters. The van der Waals surface area contributed by atoms with Gasteiger partial charge >= 0.3 is 0 Å². The van der Waals surface area contributed by atoms with Crippen LogP contribution in [0.25, 0.3) is 0 Å². The molecule has 0 saturated carbocycles. The van der Waals surface area contributed by atoms with Crippen molar-refractivity contribution in [3.63, 3.8) is 0 Å². The van der Waals surface area contributed by atoms with Crippen molar-refractivity contribution in [1.29, 1.82) is 0 Å². The summed E-state index contributed by atoms with van der Waals surface area (Å²) in [4.78, 5) is 19.8. The van der Waals surface area contributed by atoms with Crippen molar-refractivity contribution in [2.75, 3.05) is 0 Å². The Hall–Kier alpha value is -2.04. The van der Waals surface area contributed by atoms with E-state index in [4.69, 9.17) is 0 Å². The molecule has 0 aliphatic heterocycles. The Balaban J connectivity index is 2.19. The third kappa shape index (κ3) is 2.61. The molecule has 0 aromatic carbocycles. The van der Waals surface area contributed by atoms with Crippen LogP contribution in [0.15, 0.2) is 24.7 Å². The summed E-state index contributed by atoms with van der Waals surface area (Å²) >= 11 is 0. The van der Waals surface area contributed by atoms with Crippen LogP contribution in [0, 0.1) is 0 Å².